The number of hydrogen-bond acceptors (Lipinski definition) is 4. The third kappa shape index (κ3) is 4.15. The standard InChI is InChI=1S/C20H22N4.CH4/c1-14-12-16(3)18(13-15(14)2)22-20-21-11-10-19(23-20)24(4)17-8-6-5-7-9-17;/h5-13H,1-4H3,(H,21,22,23);1H4/i;1D. The lowest BCUT2D eigenvalue weighted by molar-refractivity contribution is 1.08. The maximum Gasteiger partial charge on any atom is 0.229 e. The summed E-state index contributed by atoms with van der Waals surface area (Å²) in [6.07, 6.45) is 1.78. The van der Waals surface area contributed by atoms with Crippen LogP contribution in [0, 0.1) is 20.8 Å². The first-order valence-electron chi connectivity index (χ1n) is 9.01. The highest BCUT2D eigenvalue weighted by Gasteiger charge is 2.08. The SMILES string of the molecule is Cc1cc(C)c(Nc2nccc(N(C)c3ccccc3)n2)cc1C.[2H]C. The van der Waals surface area contributed by atoms with Gasteiger partial charge in [0, 0.05) is 26.0 Å². The van der Waals surface area contributed by atoms with Crippen LogP contribution in [0.15, 0.2) is 54.7 Å². The van der Waals surface area contributed by atoms with Crippen LogP contribution in [0.25, 0.3) is 0 Å². The normalized spacial score (nSPS) is 10.4. The minimum absolute atomic E-state index is 0.599. The minimum Gasteiger partial charge on any atom is -0.329 e. The van der Waals surface area contributed by atoms with Crippen LogP contribution in [-0.2, 0) is 0 Å². The van der Waals surface area contributed by atoms with E-state index in [-0.39, 0.29) is 0 Å². The van der Waals surface area contributed by atoms with Crippen LogP contribution in [-0.4, -0.2) is 17.0 Å². The number of aryl methyl sites for hydroxylation is 3. The van der Waals surface area contributed by atoms with Crippen molar-refractivity contribution in [2.45, 2.75) is 28.2 Å². The Morgan fingerprint density at radius 3 is 2.36 bits per heavy atom. The molecular weight excluding hydrogens is 308 g/mol. The second-order valence-corrected chi connectivity index (χ2v) is 6.01. The Bertz CT molecular complexity index is 850. The van der Waals surface area contributed by atoms with Crippen molar-refractivity contribution in [1.82, 2.24) is 9.97 Å². The molecule has 130 valence electrons. The summed E-state index contributed by atoms with van der Waals surface area (Å²) in [6.45, 7) is 6.33. The van der Waals surface area contributed by atoms with E-state index < -0.39 is 0 Å². The molecule has 0 aliphatic rings. The molecule has 0 aliphatic carbocycles. The number of aromatic nitrogens is 2. The van der Waals surface area contributed by atoms with E-state index >= 15 is 0 Å². The smallest absolute Gasteiger partial charge is 0.229 e. The molecule has 0 radical (unpaired) electrons. The summed E-state index contributed by atoms with van der Waals surface area (Å²) >= 11 is 0. The van der Waals surface area contributed by atoms with Crippen molar-refractivity contribution in [3.8, 4) is 0 Å². The molecule has 1 heterocycles. The van der Waals surface area contributed by atoms with Gasteiger partial charge in [0.25, 0.3) is 0 Å². The summed E-state index contributed by atoms with van der Waals surface area (Å²) in [5, 5.41) is 3.34. The van der Waals surface area contributed by atoms with E-state index in [1.54, 1.807) is 6.20 Å². The first-order valence-corrected chi connectivity index (χ1v) is 8.01. The molecular formula is C21H26N4. The van der Waals surface area contributed by atoms with Crippen LogP contribution < -0.4 is 10.2 Å². The molecule has 0 spiro atoms. The second-order valence-electron chi connectivity index (χ2n) is 6.01. The van der Waals surface area contributed by atoms with Gasteiger partial charge in [-0.15, -0.1) is 0 Å². The van der Waals surface area contributed by atoms with Crippen LogP contribution in [0.1, 0.15) is 25.5 Å². The average molecular weight is 335 g/mol. The molecule has 4 heteroatoms. The Hall–Kier alpha value is -2.88. The van der Waals surface area contributed by atoms with Crippen molar-refractivity contribution in [2.75, 3.05) is 17.3 Å². The van der Waals surface area contributed by atoms with E-state index in [0.717, 1.165) is 17.2 Å². The number of benzene rings is 2. The first-order chi connectivity index (χ1) is 12.5. The lowest BCUT2D eigenvalue weighted by Crippen LogP contribution is -2.12. The van der Waals surface area contributed by atoms with Crippen molar-refractivity contribution in [3.05, 3.63) is 71.4 Å². The Balaban J connectivity index is 0.00000117. The Morgan fingerprint density at radius 2 is 1.64 bits per heavy atom. The molecule has 1 N–H and O–H groups in total. The quantitative estimate of drug-likeness (QED) is 0.678. The number of nitrogens with zero attached hydrogens (tertiary/aromatic N) is 3. The first kappa shape index (κ1) is 17.0. The van der Waals surface area contributed by atoms with Crippen LogP contribution in [0.2, 0.25) is 0 Å². The third-order valence-electron chi connectivity index (χ3n) is 4.22. The predicted molar refractivity (Wildman–Crippen MR) is 107 cm³/mol. The molecule has 0 fully saturated rings. The number of anilines is 4. The summed E-state index contributed by atoms with van der Waals surface area (Å²) in [6, 6.07) is 16.4. The molecule has 0 amide bonds. The van der Waals surface area contributed by atoms with Crippen molar-refractivity contribution in [1.29, 1.82) is 0 Å². The van der Waals surface area contributed by atoms with Crippen molar-refractivity contribution in [2.24, 2.45) is 0 Å². The Kier molecular flexibility index (Phi) is 5.29. The zero-order chi connectivity index (χ0) is 19.1. The van der Waals surface area contributed by atoms with Gasteiger partial charge in [0.1, 0.15) is 5.82 Å². The van der Waals surface area contributed by atoms with E-state index in [2.05, 4.69) is 60.3 Å². The number of hydrogen-bond donors (Lipinski definition) is 1. The summed E-state index contributed by atoms with van der Waals surface area (Å²) < 4.78 is 5.75. The van der Waals surface area contributed by atoms with Crippen LogP contribution in [0.5, 0.6) is 0 Å². The van der Waals surface area contributed by atoms with Gasteiger partial charge >= 0.3 is 0 Å². The van der Waals surface area contributed by atoms with Gasteiger partial charge in [-0.1, -0.05) is 31.7 Å². The summed E-state index contributed by atoms with van der Waals surface area (Å²) in [5.41, 5.74) is 5.85. The molecule has 4 nitrogen and oxygen atoms in total. The van der Waals surface area contributed by atoms with E-state index in [4.69, 9.17) is 1.37 Å². The van der Waals surface area contributed by atoms with Crippen LogP contribution >= 0.6 is 0 Å². The third-order valence-corrected chi connectivity index (χ3v) is 4.22. The fraction of sp³-hybridized carbons (Fsp3) is 0.238. The van der Waals surface area contributed by atoms with Gasteiger partial charge in [0.05, 0.1) is 0 Å². The molecule has 3 aromatic rings. The highest BCUT2D eigenvalue weighted by atomic mass is 15.2. The van der Waals surface area contributed by atoms with Gasteiger partial charge in [-0.05, 0) is 61.7 Å². The maximum atomic E-state index is 5.75. The van der Waals surface area contributed by atoms with Gasteiger partial charge in [-0.25, -0.2) is 4.98 Å². The fourth-order valence-electron chi connectivity index (χ4n) is 2.60. The summed E-state index contributed by atoms with van der Waals surface area (Å²) in [7, 11) is 3.25. The Morgan fingerprint density at radius 1 is 0.960 bits per heavy atom. The molecule has 0 unspecified atom stereocenters. The number of nitrogens with one attached hydrogen (secondary N) is 1. The van der Waals surface area contributed by atoms with Crippen LogP contribution in [0.3, 0.4) is 0 Å². The summed E-state index contributed by atoms with van der Waals surface area (Å²) in [5.74, 6) is 1.45. The van der Waals surface area contributed by atoms with Crippen LogP contribution in [0.4, 0.5) is 23.1 Å². The van der Waals surface area contributed by atoms with Gasteiger partial charge in [0.2, 0.25) is 5.95 Å². The molecule has 2 aromatic carbocycles. The van der Waals surface area contributed by atoms with Gasteiger partial charge in [-0.3, -0.25) is 0 Å². The zero-order valence-electron chi connectivity index (χ0n) is 16.5. The molecule has 1 aromatic heterocycles. The maximum absolute atomic E-state index is 5.75. The van der Waals surface area contributed by atoms with E-state index in [0.29, 0.717) is 5.95 Å². The second kappa shape index (κ2) is 7.79. The molecule has 0 saturated heterocycles. The van der Waals surface area contributed by atoms with E-state index in [1.807, 2.05) is 36.2 Å². The van der Waals surface area contributed by atoms with Crippen molar-refractivity contribution >= 4 is 23.1 Å². The lowest BCUT2D eigenvalue weighted by Gasteiger charge is -2.19. The van der Waals surface area contributed by atoms with Crippen molar-refractivity contribution in [3.63, 3.8) is 0 Å². The predicted octanol–water partition coefficient (Wildman–Crippen LogP) is 5.55. The molecule has 0 aliphatic heterocycles. The largest absolute Gasteiger partial charge is 0.329 e. The molecule has 0 atom stereocenters. The zero-order valence-corrected chi connectivity index (χ0v) is 15.5. The van der Waals surface area contributed by atoms with E-state index in [1.165, 1.54) is 24.1 Å². The Labute approximate surface area is 152 Å². The van der Waals surface area contributed by atoms with Crippen molar-refractivity contribution < 1.29 is 1.37 Å². The van der Waals surface area contributed by atoms with Gasteiger partial charge < -0.3 is 10.2 Å². The highest BCUT2D eigenvalue weighted by molar-refractivity contribution is 5.63. The molecule has 0 saturated carbocycles. The number of rotatable bonds is 4. The van der Waals surface area contributed by atoms with E-state index in [9.17, 15) is 0 Å². The lowest BCUT2D eigenvalue weighted by atomic mass is 10.1. The number of para-hydroxylation sites is 1. The molecule has 0 bridgehead atoms. The fourth-order valence-corrected chi connectivity index (χ4v) is 2.60. The average Bonchev–Trinajstić information content (AvgIpc) is 2.68. The molecule has 3 rings (SSSR count). The summed E-state index contributed by atoms with van der Waals surface area (Å²) in [4.78, 5) is 11.0. The monoisotopic (exact) mass is 335 g/mol. The van der Waals surface area contributed by atoms with Gasteiger partial charge in [-0.2, -0.15) is 4.98 Å². The van der Waals surface area contributed by atoms with Gasteiger partial charge in [0.15, 0.2) is 0 Å². The minimum atomic E-state index is 0.599. The molecule has 25 heavy (non-hydrogen) atoms. The topological polar surface area (TPSA) is 41.1 Å². The highest BCUT2D eigenvalue weighted by Crippen LogP contribution is 2.25.